The molecule has 0 atom stereocenters. The monoisotopic (exact) mass is 356 g/mol. The number of benzene rings is 1. The van der Waals surface area contributed by atoms with E-state index >= 15 is 0 Å². The van der Waals surface area contributed by atoms with Gasteiger partial charge in [0.2, 0.25) is 10.0 Å². The van der Waals surface area contributed by atoms with Gasteiger partial charge in [0, 0.05) is 19.6 Å². The van der Waals surface area contributed by atoms with Crippen LogP contribution in [-0.2, 0) is 14.8 Å². The standard InChI is InChI=1S/C16H24N2O5S/c1-3-4-7-17-24(20,21)13-5-6-15(22-2)14(12-13)16(19)18-8-10-23-11-9-18/h5-6,12,17H,3-4,7-11H2,1-2H3. The molecule has 1 aromatic rings. The SMILES string of the molecule is CCCCNS(=O)(=O)c1ccc(OC)c(C(=O)N2CCOCC2)c1. The van der Waals surface area contributed by atoms with E-state index in [4.69, 9.17) is 9.47 Å². The van der Waals surface area contributed by atoms with Gasteiger partial charge in [-0.05, 0) is 24.6 Å². The predicted molar refractivity (Wildman–Crippen MR) is 89.8 cm³/mol. The maximum atomic E-state index is 12.7. The Labute approximate surface area is 143 Å². The molecule has 0 saturated carbocycles. The van der Waals surface area contributed by atoms with Gasteiger partial charge in [-0.25, -0.2) is 13.1 Å². The summed E-state index contributed by atoms with van der Waals surface area (Å²) in [4.78, 5) is 14.4. The van der Waals surface area contributed by atoms with Crippen LogP contribution in [0, 0.1) is 0 Å². The van der Waals surface area contributed by atoms with Gasteiger partial charge in [-0.1, -0.05) is 13.3 Å². The summed E-state index contributed by atoms with van der Waals surface area (Å²) in [6.45, 7) is 4.27. The number of hydrogen-bond acceptors (Lipinski definition) is 5. The molecule has 0 aromatic heterocycles. The van der Waals surface area contributed by atoms with Gasteiger partial charge in [-0.2, -0.15) is 0 Å². The third kappa shape index (κ3) is 4.46. The summed E-state index contributed by atoms with van der Waals surface area (Å²) >= 11 is 0. The van der Waals surface area contributed by atoms with Gasteiger partial charge in [0.25, 0.3) is 5.91 Å². The number of ether oxygens (including phenoxy) is 2. The molecule has 1 saturated heterocycles. The molecule has 1 amide bonds. The smallest absolute Gasteiger partial charge is 0.257 e. The van der Waals surface area contributed by atoms with Gasteiger partial charge in [-0.3, -0.25) is 4.79 Å². The lowest BCUT2D eigenvalue weighted by atomic mass is 10.1. The lowest BCUT2D eigenvalue weighted by Crippen LogP contribution is -2.40. The van der Waals surface area contributed by atoms with Crippen LogP contribution in [-0.4, -0.2) is 59.2 Å². The van der Waals surface area contributed by atoms with E-state index < -0.39 is 10.0 Å². The third-order valence-electron chi connectivity index (χ3n) is 3.83. The maximum absolute atomic E-state index is 12.7. The normalized spacial score (nSPS) is 15.3. The molecular formula is C16H24N2O5S. The third-order valence-corrected chi connectivity index (χ3v) is 5.29. The molecular weight excluding hydrogens is 332 g/mol. The van der Waals surface area contributed by atoms with Crippen LogP contribution in [0.2, 0.25) is 0 Å². The first-order valence-electron chi connectivity index (χ1n) is 8.04. The van der Waals surface area contributed by atoms with Crippen molar-refractivity contribution in [2.45, 2.75) is 24.7 Å². The van der Waals surface area contributed by atoms with Crippen LogP contribution in [0.25, 0.3) is 0 Å². The molecule has 134 valence electrons. The highest BCUT2D eigenvalue weighted by atomic mass is 32.2. The van der Waals surface area contributed by atoms with E-state index in [1.54, 1.807) is 4.90 Å². The Morgan fingerprint density at radius 1 is 1.33 bits per heavy atom. The highest BCUT2D eigenvalue weighted by Gasteiger charge is 2.24. The van der Waals surface area contributed by atoms with Crippen molar-refractivity contribution in [1.82, 2.24) is 9.62 Å². The molecule has 1 aromatic carbocycles. The molecule has 1 fully saturated rings. The summed E-state index contributed by atoms with van der Waals surface area (Å²) in [5, 5.41) is 0. The number of morpholine rings is 1. The first-order valence-corrected chi connectivity index (χ1v) is 9.52. The van der Waals surface area contributed by atoms with E-state index in [-0.39, 0.29) is 16.4 Å². The number of carbonyl (C=O) groups excluding carboxylic acids is 1. The molecule has 0 spiro atoms. The number of rotatable bonds is 7. The second-order valence-corrected chi connectivity index (χ2v) is 7.28. The fourth-order valence-electron chi connectivity index (χ4n) is 2.42. The van der Waals surface area contributed by atoms with Crippen molar-refractivity contribution in [3.8, 4) is 5.75 Å². The highest BCUT2D eigenvalue weighted by Crippen LogP contribution is 2.24. The minimum atomic E-state index is -3.65. The molecule has 1 N–H and O–H groups in total. The van der Waals surface area contributed by atoms with Crippen molar-refractivity contribution >= 4 is 15.9 Å². The Morgan fingerprint density at radius 2 is 2.04 bits per heavy atom. The summed E-state index contributed by atoms with van der Waals surface area (Å²) in [6.07, 6.45) is 1.65. The molecule has 0 unspecified atom stereocenters. The van der Waals surface area contributed by atoms with Gasteiger partial charge in [0.05, 0.1) is 30.8 Å². The lowest BCUT2D eigenvalue weighted by molar-refractivity contribution is 0.0300. The largest absolute Gasteiger partial charge is 0.496 e. The molecule has 7 nitrogen and oxygen atoms in total. The Morgan fingerprint density at radius 3 is 2.67 bits per heavy atom. The minimum Gasteiger partial charge on any atom is -0.496 e. The van der Waals surface area contributed by atoms with E-state index in [1.807, 2.05) is 6.92 Å². The highest BCUT2D eigenvalue weighted by molar-refractivity contribution is 7.89. The first-order chi connectivity index (χ1) is 11.5. The summed E-state index contributed by atoms with van der Waals surface area (Å²) in [7, 11) is -2.19. The number of sulfonamides is 1. The van der Waals surface area contributed by atoms with E-state index in [1.165, 1.54) is 25.3 Å². The number of nitrogens with zero attached hydrogens (tertiary/aromatic N) is 1. The molecule has 1 heterocycles. The Bertz CT molecular complexity index is 669. The van der Waals surface area contributed by atoms with E-state index in [0.717, 1.165) is 12.8 Å². The number of unbranched alkanes of at least 4 members (excludes halogenated alkanes) is 1. The number of hydrogen-bond donors (Lipinski definition) is 1. The molecule has 24 heavy (non-hydrogen) atoms. The van der Waals surface area contributed by atoms with Gasteiger partial charge in [0.15, 0.2) is 0 Å². The second kappa shape index (κ2) is 8.46. The zero-order valence-corrected chi connectivity index (χ0v) is 14.9. The molecule has 0 aliphatic carbocycles. The number of carbonyl (C=O) groups is 1. The molecule has 1 aliphatic rings. The fraction of sp³-hybridized carbons (Fsp3) is 0.562. The minimum absolute atomic E-state index is 0.0658. The summed E-state index contributed by atoms with van der Waals surface area (Å²) in [5.41, 5.74) is 0.248. The van der Waals surface area contributed by atoms with Gasteiger partial charge < -0.3 is 14.4 Å². The van der Waals surface area contributed by atoms with E-state index in [9.17, 15) is 13.2 Å². The Kier molecular flexibility index (Phi) is 6.59. The number of amides is 1. The Hall–Kier alpha value is -1.64. The first kappa shape index (κ1) is 18.7. The zero-order valence-electron chi connectivity index (χ0n) is 14.1. The van der Waals surface area contributed by atoms with Crippen molar-refractivity contribution < 1.29 is 22.7 Å². The van der Waals surface area contributed by atoms with Crippen LogP contribution in [0.4, 0.5) is 0 Å². The van der Waals surface area contributed by atoms with E-state index in [2.05, 4.69) is 4.72 Å². The van der Waals surface area contributed by atoms with Crippen molar-refractivity contribution in [2.75, 3.05) is 40.0 Å². The van der Waals surface area contributed by atoms with Crippen LogP contribution in [0.1, 0.15) is 30.1 Å². The molecule has 1 aliphatic heterocycles. The maximum Gasteiger partial charge on any atom is 0.257 e. The van der Waals surface area contributed by atoms with Crippen LogP contribution < -0.4 is 9.46 Å². The summed E-state index contributed by atoms with van der Waals surface area (Å²) in [5.74, 6) is 0.111. The van der Waals surface area contributed by atoms with Crippen LogP contribution in [0.15, 0.2) is 23.1 Å². The fourth-order valence-corrected chi connectivity index (χ4v) is 3.52. The van der Waals surface area contributed by atoms with Crippen molar-refractivity contribution in [1.29, 1.82) is 0 Å². The molecule has 0 radical (unpaired) electrons. The van der Waals surface area contributed by atoms with Crippen LogP contribution >= 0.6 is 0 Å². The van der Waals surface area contributed by atoms with Crippen LogP contribution in [0.5, 0.6) is 5.75 Å². The van der Waals surface area contributed by atoms with Crippen molar-refractivity contribution in [2.24, 2.45) is 0 Å². The number of methoxy groups -OCH3 is 1. The summed E-state index contributed by atoms with van der Waals surface area (Å²) < 4.78 is 37.7. The number of nitrogens with one attached hydrogen (secondary N) is 1. The lowest BCUT2D eigenvalue weighted by Gasteiger charge is -2.27. The van der Waals surface area contributed by atoms with Gasteiger partial charge in [0.1, 0.15) is 5.75 Å². The average molecular weight is 356 g/mol. The topological polar surface area (TPSA) is 84.9 Å². The second-order valence-electron chi connectivity index (χ2n) is 5.52. The zero-order chi connectivity index (χ0) is 17.6. The average Bonchev–Trinajstić information content (AvgIpc) is 2.61. The quantitative estimate of drug-likeness (QED) is 0.743. The van der Waals surface area contributed by atoms with Crippen molar-refractivity contribution in [3.05, 3.63) is 23.8 Å². The summed E-state index contributed by atoms with van der Waals surface area (Å²) in [6, 6.07) is 4.34. The van der Waals surface area contributed by atoms with Crippen LogP contribution in [0.3, 0.4) is 0 Å². The van der Waals surface area contributed by atoms with Gasteiger partial charge >= 0.3 is 0 Å². The Balaban J connectivity index is 2.28. The molecule has 8 heteroatoms. The molecule has 0 bridgehead atoms. The van der Waals surface area contributed by atoms with Gasteiger partial charge in [-0.15, -0.1) is 0 Å². The predicted octanol–water partition coefficient (Wildman–Crippen LogP) is 1.25. The van der Waals surface area contributed by atoms with E-state index in [0.29, 0.717) is 38.6 Å². The van der Waals surface area contributed by atoms with Crippen molar-refractivity contribution in [3.63, 3.8) is 0 Å². The molecule has 2 rings (SSSR count).